The summed E-state index contributed by atoms with van der Waals surface area (Å²) < 4.78 is 11.0. The fourth-order valence-corrected chi connectivity index (χ4v) is 2.51. The van der Waals surface area contributed by atoms with E-state index in [4.69, 9.17) is 5.73 Å². The normalized spacial score (nSPS) is 21.4. The highest BCUT2D eigenvalue weighted by molar-refractivity contribution is 7.85. The molecule has 0 radical (unpaired) electrons. The molecule has 0 spiro atoms. The SMILES string of the molecule is NCCCCN1CCS(=O)CC1. The second kappa shape index (κ2) is 5.67. The zero-order chi connectivity index (χ0) is 8.81. The van der Waals surface area contributed by atoms with E-state index in [2.05, 4.69) is 4.90 Å². The van der Waals surface area contributed by atoms with Gasteiger partial charge in [0.05, 0.1) is 0 Å². The van der Waals surface area contributed by atoms with Crippen LogP contribution in [-0.2, 0) is 10.8 Å². The third-order valence-electron chi connectivity index (χ3n) is 2.20. The van der Waals surface area contributed by atoms with Crippen LogP contribution in [0.15, 0.2) is 0 Å². The van der Waals surface area contributed by atoms with Crippen LogP contribution in [0, 0.1) is 0 Å². The Bertz CT molecular complexity index is 142. The molecule has 1 aliphatic rings. The molecule has 0 aliphatic carbocycles. The lowest BCUT2D eigenvalue weighted by Crippen LogP contribution is -2.38. The molecule has 0 bridgehead atoms. The minimum Gasteiger partial charge on any atom is -0.330 e. The Hall–Kier alpha value is 0.0700. The highest BCUT2D eigenvalue weighted by Crippen LogP contribution is 2.01. The fraction of sp³-hybridized carbons (Fsp3) is 1.00. The number of hydrogen-bond donors (Lipinski definition) is 1. The molecule has 2 N–H and O–H groups in total. The van der Waals surface area contributed by atoms with Gasteiger partial charge in [0.25, 0.3) is 0 Å². The summed E-state index contributed by atoms with van der Waals surface area (Å²) in [6.45, 7) is 3.95. The molecule has 3 nitrogen and oxygen atoms in total. The van der Waals surface area contributed by atoms with Gasteiger partial charge < -0.3 is 10.6 Å². The Kier molecular flexibility index (Phi) is 4.80. The molecule has 72 valence electrons. The van der Waals surface area contributed by atoms with Gasteiger partial charge in [0.15, 0.2) is 0 Å². The second-order valence-electron chi connectivity index (χ2n) is 3.19. The van der Waals surface area contributed by atoms with Crippen LogP contribution >= 0.6 is 0 Å². The van der Waals surface area contributed by atoms with E-state index < -0.39 is 10.8 Å². The molecule has 4 heteroatoms. The summed E-state index contributed by atoms with van der Waals surface area (Å²) in [5.41, 5.74) is 5.40. The number of nitrogens with two attached hydrogens (primary N) is 1. The summed E-state index contributed by atoms with van der Waals surface area (Å²) in [7, 11) is -0.535. The molecule has 1 rings (SSSR count). The zero-order valence-electron chi connectivity index (χ0n) is 7.50. The van der Waals surface area contributed by atoms with Crippen molar-refractivity contribution in [3.8, 4) is 0 Å². The minimum atomic E-state index is -0.535. The van der Waals surface area contributed by atoms with Crippen LogP contribution in [-0.4, -0.2) is 46.8 Å². The Morgan fingerprint density at radius 2 is 1.92 bits per heavy atom. The lowest BCUT2D eigenvalue weighted by molar-refractivity contribution is 0.293. The van der Waals surface area contributed by atoms with Crippen molar-refractivity contribution >= 4 is 10.8 Å². The molecule has 0 saturated carbocycles. The summed E-state index contributed by atoms with van der Waals surface area (Å²) in [5.74, 6) is 1.73. The van der Waals surface area contributed by atoms with E-state index in [1.54, 1.807) is 0 Å². The van der Waals surface area contributed by atoms with Gasteiger partial charge in [0.1, 0.15) is 0 Å². The van der Waals surface area contributed by atoms with Crippen LogP contribution in [0.4, 0.5) is 0 Å². The first kappa shape index (κ1) is 10.2. The molecule has 0 unspecified atom stereocenters. The largest absolute Gasteiger partial charge is 0.330 e. The average molecular weight is 190 g/mol. The third-order valence-corrected chi connectivity index (χ3v) is 3.47. The van der Waals surface area contributed by atoms with Gasteiger partial charge >= 0.3 is 0 Å². The Morgan fingerprint density at radius 1 is 1.25 bits per heavy atom. The molecule has 0 aromatic rings. The van der Waals surface area contributed by atoms with Crippen molar-refractivity contribution in [1.82, 2.24) is 4.90 Å². The van der Waals surface area contributed by atoms with E-state index in [1.807, 2.05) is 0 Å². The zero-order valence-corrected chi connectivity index (χ0v) is 8.31. The summed E-state index contributed by atoms with van der Waals surface area (Å²) in [5, 5.41) is 0. The molecule has 0 aromatic carbocycles. The van der Waals surface area contributed by atoms with Gasteiger partial charge in [-0.25, -0.2) is 0 Å². The van der Waals surface area contributed by atoms with Crippen LogP contribution in [0.2, 0.25) is 0 Å². The van der Waals surface area contributed by atoms with E-state index in [0.717, 1.165) is 44.1 Å². The van der Waals surface area contributed by atoms with Gasteiger partial charge in [-0.3, -0.25) is 4.21 Å². The number of hydrogen-bond acceptors (Lipinski definition) is 3. The molecular formula is C8H18N2OS. The van der Waals surface area contributed by atoms with Gasteiger partial charge in [0.2, 0.25) is 0 Å². The minimum absolute atomic E-state index is 0.535. The van der Waals surface area contributed by atoms with E-state index >= 15 is 0 Å². The molecule has 12 heavy (non-hydrogen) atoms. The molecule has 0 aromatic heterocycles. The van der Waals surface area contributed by atoms with Crippen molar-refractivity contribution in [2.45, 2.75) is 12.8 Å². The van der Waals surface area contributed by atoms with Crippen molar-refractivity contribution in [2.75, 3.05) is 37.7 Å². The molecule has 1 heterocycles. The van der Waals surface area contributed by atoms with Crippen LogP contribution < -0.4 is 5.73 Å². The Labute approximate surface area is 76.8 Å². The van der Waals surface area contributed by atoms with Crippen molar-refractivity contribution in [2.24, 2.45) is 5.73 Å². The number of rotatable bonds is 4. The van der Waals surface area contributed by atoms with Crippen molar-refractivity contribution < 1.29 is 4.21 Å². The van der Waals surface area contributed by atoms with Gasteiger partial charge in [0, 0.05) is 35.4 Å². The lowest BCUT2D eigenvalue weighted by atomic mass is 10.3. The highest BCUT2D eigenvalue weighted by Gasteiger charge is 2.13. The summed E-state index contributed by atoms with van der Waals surface area (Å²) in [4.78, 5) is 2.39. The van der Waals surface area contributed by atoms with Gasteiger partial charge in [-0.2, -0.15) is 0 Å². The van der Waals surface area contributed by atoms with Gasteiger partial charge in [-0.05, 0) is 25.9 Å². The van der Waals surface area contributed by atoms with Crippen LogP contribution in [0.1, 0.15) is 12.8 Å². The summed E-state index contributed by atoms with van der Waals surface area (Å²) in [6, 6.07) is 0. The van der Waals surface area contributed by atoms with Crippen LogP contribution in [0.3, 0.4) is 0 Å². The average Bonchev–Trinajstić information content (AvgIpc) is 2.09. The quantitative estimate of drug-likeness (QED) is 0.624. The second-order valence-corrected chi connectivity index (χ2v) is 4.88. The first-order valence-corrected chi connectivity index (χ1v) is 6.09. The lowest BCUT2D eigenvalue weighted by Gasteiger charge is -2.25. The van der Waals surface area contributed by atoms with Crippen LogP contribution in [0.25, 0.3) is 0 Å². The van der Waals surface area contributed by atoms with E-state index in [9.17, 15) is 4.21 Å². The van der Waals surface area contributed by atoms with E-state index in [0.29, 0.717) is 0 Å². The van der Waals surface area contributed by atoms with Gasteiger partial charge in [-0.15, -0.1) is 0 Å². The van der Waals surface area contributed by atoms with Gasteiger partial charge in [-0.1, -0.05) is 0 Å². The Morgan fingerprint density at radius 3 is 2.50 bits per heavy atom. The van der Waals surface area contributed by atoms with E-state index in [1.165, 1.54) is 6.42 Å². The molecule has 1 fully saturated rings. The molecule has 1 saturated heterocycles. The maximum Gasteiger partial charge on any atom is 0.0363 e. The van der Waals surface area contributed by atoms with Crippen molar-refractivity contribution in [3.63, 3.8) is 0 Å². The van der Waals surface area contributed by atoms with E-state index in [-0.39, 0.29) is 0 Å². The molecular weight excluding hydrogens is 172 g/mol. The molecule has 0 atom stereocenters. The van der Waals surface area contributed by atoms with Crippen molar-refractivity contribution in [1.29, 1.82) is 0 Å². The highest BCUT2D eigenvalue weighted by atomic mass is 32.2. The summed E-state index contributed by atoms with van der Waals surface area (Å²) >= 11 is 0. The number of nitrogens with zero attached hydrogens (tertiary/aromatic N) is 1. The first-order chi connectivity index (χ1) is 5.83. The maximum atomic E-state index is 11.0. The van der Waals surface area contributed by atoms with Crippen LogP contribution in [0.5, 0.6) is 0 Å². The topological polar surface area (TPSA) is 46.3 Å². The standard InChI is InChI=1S/C8H18N2OS/c9-3-1-2-4-10-5-7-12(11)8-6-10/h1-9H2. The maximum absolute atomic E-state index is 11.0. The predicted octanol–water partition coefficient (Wildman–Crippen LogP) is -0.210. The Balaban J connectivity index is 2.05. The fourth-order valence-electron chi connectivity index (χ4n) is 1.38. The molecule has 1 aliphatic heterocycles. The summed E-state index contributed by atoms with van der Waals surface area (Å²) in [6.07, 6.45) is 2.29. The first-order valence-electron chi connectivity index (χ1n) is 4.60. The smallest absolute Gasteiger partial charge is 0.0363 e. The monoisotopic (exact) mass is 190 g/mol. The van der Waals surface area contributed by atoms with Crippen molar-refractivity contribution in [3.05, 3.63) is 0 Å². The number of unbranched alkanes of at least 4 members (excludes halogenated alkanes) is 1. The third kappa shape index (κ3) is 3.65. The predicted molar refractivity (Wildman–Crippen MR) is 52.6 cm³/mol. The molecule has 0 amide bonds.